The van der Waals surface area contributed by atoms with Crippen molar-refractivity contribution in [2.75, 3.05) is 21.3 Å². The lowest BCUT2D eigenvalue weighted by Crippen LogP contribution is -2.36. The highest BCUT2D eigenvalue weighted by atomic mass is 127. The van der Waals surface area contributed by atoms with Crippen LogP contribution in [0.1, 0.15) is 16.7 Å². The smallest absolute Gasteiger partial charge is 0.191 e. The number of halogens is 1. The molecule has 6 heteroatoms. The van der Waals surface area contributed by atoms with Gasteiger partial charge in [0, 0.05) is 20.1 Å². The van der Waals surface area contributed by atoms with E-state index in [0.29, 0.717) is 13.1 Å². The zero-order chi connectivity index (χ0) is 17.4. The molecule has 0 heterocycles. The van der Waals surface area contributed by atoms with Gasteiger partial charge < -0.3 is 20.1 Å². The van der Waals surface area contributed by atoms with E-state index in [4.69, 9.17) is 9.47 Å². The van der Waals surface area contributed by atoms with Crippen LogP contribution >= 0.6 is 24.0 Å². The van der Waals surface area contributed by atoms with Crippen LogP contribution in [-0.2, 0) is 13.1 Å². The summed E-state index contributed by atoms with van der Waals surface area (Å²) in [5.74, 6) is 2.51. The van der Waals surface area contributed by atoms with E-state index in [1.807, 2.05) is 37.3 Å². The highest BCUT2D eigenvalue weighted by molar-refractivity contribution is 14.0. The Kier molecular flexibility index (Phi) is 9.12. The van der Waals surface area contributed by atoms with Crippen LogP contribution in [0.5, 0.6) is 11.5 Å². The normalized spacial score (nSPS) is 10.6. The summed E-state index contributed by atoms with van der Waals surface area (Å²) < 4.78 is 10.5. The number of hydrogen-bond donors (Lipinski definition) is 2. The van der Waals surface area contributed by atoms with Crippen molar-refractivity contribution in [3.05, 3.63) is 59.2 Å². The molecule has 136 valence electrons. The molecule has 0 atom stereocenters. The molecular formula is C19H26IN3O2. The molecule has 0 fully saturated rings. The number of aliphatic imine (C=N–C) groups is 1. The van der Waals surface area contributed by atoms with Gasteiger partial charge in [0.25, 0.3) is 0 Å². The summed E-state index contributed by atoms with van der Waals surface area (Å²) in [6.45, 7) is 3.41. The van der Waals surface area contributed by atoms with E-state index in [2.05, 4.69) is 27.8 Å². The third kappa shape index (κ3) is 6.45. The molecule has 0 spiro atoms. The maximum Gasteiger partial charge on any atom is 0.191 e. The molecule has 0 aromatic heterocycles. The van der Waals surface area contributed by atoms with Gasteiger partial charge in [0.1, 0.15) is 11.5 Å². The molecular weight excluding hydrogens is 429 g/mol. The molecule has 0 saturated carbocycles. The fraction of sp³-hybridized carbons (Fsp3) is 0.316. The Morgan fingerprint density at radius 3 is 2.08 bits per heavy atom. The molecule has 0 bridgehead atoms. The van der Waals surface area contributed by atoms with Crippen LogP contribution in [0.4, 0.5) is 0 Å². The van der Waals surface area contributed by atoms with Gasteiger partial charge in [0.2, 0.25) is 0 Å². The van der Waals surface area contributed by atoms with Crippen LogP contribution in [0.25, 0.3) is 0 Å². The number of hydrogen-bond acceptors (Lipinski definition) is 3. The predicted molar refractivity (Wildman–Crippen MR) is 113 cm³/mol. The minimum atomic E-state index is 0. The monoisotopic (exact) mass is 455 g/mol. The van der Waals surface area contributed by atoms with Crippen molar-refractivity contribution >= 4 is 29.9 Å². The third-order valence-electron chi connectivity index (χ3n) is 3.78. The highest BCUT2D eigenvalue weighted by Gasteiger charge is 2.03. The standard InChI is InChI=1S/C19H25N3O2.HI/c1-14-5-6-16(11-18(14)24-4)13-22-19(20-2)21-12-15-7-9-17(23-3)10-8-15;/h5-11H,12-13H2,1-4H3,(H2,20,21,22);1H. The second-order valence-electron chi connectivity index (χ2n) is 5.43. The number of nitrogens with one attached hydrogen (secondary N) is 2. The van der Waals surface area contributed by atoms with E-state index in [0.717, 1.165) is 34.1 Å². The van der Waals surface area contributed by atoms with Crippen molar-refractivity contribution in [3.63, 3.8) is 0 Å². The first-order chi connectivity index (χ1) is 11.7. The van der Waals surface area contributed by atoms with Gasteiger partial charge in [-0.15, -0.1) is 24.0 Å². The number of aryl methyl sites for hydroxylation is 1. The van der Waals surface area contributed by atoms with E-state index >= 15 is 0 Å². The number of methoxy groups -OCH3 is 2. The van der Waals surface area contributed by atoms with Crippen molar-refractivity contribution in [1.29, 1.82) is 0 Å². The van der Waals surface area contributed by atoms with Crippen LogP contribution in [0.2, 0.25) is 0 Å². The summed E-state index contributed by atoms with van der Waals surface area (Å²) in [5.41, 5.74) is 3.43. The summed E-state index contributed by atoms with van der Waals surface area (Å²) in [4.78, 5) is 4.25. The molecule has 2 aromatic carbocycles. The summed E-state index contributed by atoms with van der Waals surface area (Å²) >= 11 is 0. The molecule has 0 aliphatic carbocycles. The van der Waals surface area contributed by atoms with Gasteiger partial charge >= 0.3 is 0 Å². The van der Waals surface area contributed by atoms with Crippen LogP contribution < -0.4 is 20.1 Å². The third-order valence-corrected chi connectivity index (χ3v) is 3.78. The Hall–Kier alpha value is -1.96. The van der Waals surface area contributed by atoms with Crippen molar-refractivity contribution in [2.24, 2.45) is 4.99 Å². The summed E-state index contributed by atoms with van der Waals surface area (Å²) in [6.07, 6.45) is 0. The quantitative estimate of drug-likeness (QED) is 0.398. The number of guanidine groups is 1. The molecule has 0 unspecified atom stereocenters. The summed E-state index contributed by atoms with van der Waals surface area (Å²) in [6, 6.07) is 14.1. The van der Waals surface area contributed by atoms with Crippen molar-refractivity contribution in [2.45, 2.75) is 20.0 Å². The molecule has 5 nitrogen and oxygen atoms in total. The minimum absolute atomic E-state index is 0. The second kappa shape index (κ2) is 10.8. The van der Waals surface area contributed by atoms with Gasteiger partial charge in [-0.3, -0.25) is 4.99 Å². The molecule has 2 rings (SSSR count). The topological polar surface area (TPSA) is 54.9 Å². The number of benzene rings is 2. The fourth-order valence-corrected chi connectivity index (χ4v) is 2.31. The van der Waals surface area contributed by atoms with Gasteiger partial charge in [-0.1, -0.05) is 24.3 Å². The maximum atomic E-state index is 5.36. The minimum Gasteiger partial charge on any atom is -0.497 e. The van der Waals surface area contributed by atoms with Crippen LogP contribution in [0.3, 0.4) is 0 Å². The lowest BCUT2D eigenvalue weighted by atomic mass is 10.1. The molecule has 0 aliphatic heterocycles. The van der Waals surface area contributed by atoms with Crippen molar-refractivity contribution in [3.8, 4) is 11.5 Å². The van der Waals surface area contributed by atoms with Crippen LogP contribution in [0.15, 0.2) is 47.5 Å². The molecule has 2 N–H and O–H groups in total. The Balaban J connectivity index is 0.00000312. The van der Waals surface area contributed by atoms with Gasteiger partial charge in [0.15, 0.2) is 5.96 Å². The van der Waals surface area contributed by atoms with E-state index < -0.39 is 0 Å². The van der Waals surface area contributed by atoms with E-state index in [1.54, 1.807) is 21.3 Å². The highest BCUT2D eigenvalue weighted by Crippen LogP contribution is 2.18. The van der Waals surface area contributed by atoms with Crippen LogP contribution in [-0.4, -0.2) is 27.2 Å². The lowest BCUT2D eigenvalue weighted by molar-refractivity contribution is 0.411. The predicted octanol–water partition coefficient (Wildman–Crippen LogP) is 3.50. The van der Waals surface area contributed by atoms with Gasteiger partial charge in [0.05, 0.1) is 14.2 Å². The van der Waals surface area contributed by atoms with Gasteiger partial charge in [-0.25, -0.2) is 0 Å². The van der Waals surface area contributed by atoms with Crippen molar-refractivity contribution < 1.29 is 9.47 Å². The molecule has 2 aromatic rings. The van der Waals surface area contributed by atoms with E-state index in [9.17, 15) is 0 Å². The number of ether oxygens (including phenoxy) is 2. The number of rotatable bonds is 6. The average Bonchev–Trinajstić information content (AvgIpc) is 2.63. The Morgan fingerprint density at radius 2 is 1.52 bits per heavy atom. The zero-order valence-corrected chi connectivity index (χ0v) is 17.5. The zero-order valence-electron chi connectivity index (χ0n) is 15.1. The fourth-order valence-electron chi connectivity index (χ4n) is 2.31. The molecule has 0 radical (unpaired) electrons. The lowest BCUT2D eigenvalue weighted by Gasteiger charge is -2.13. The Labute approximate surface area is 166 Å². The first-order valence-corrected chi connectivity index (χ1v) is 7.87. The largest absolute Gasteiger partial charge is 0.497 e. The SMILES string of the molecule is CN=C(NCc1ccc(OC)cc1)NCc1ccc(C)c(OC)c1.I. The molecule has 0 amide bonds. The van der Waals surface area contributed by atoms with Gasteiger partial charge in [-0.05, 0) is 41.8 Å². The Morgan fingerprint density at radius 1 is 0.920 bits per heavy atom. The van der Waals surface area contributed by atoms with Gasteiger partial charge in [-0.2, -0.15) is 0 Å². The summed E-state index contributed by atoms with van der Waals surface area (Å²) in [7, 11) is 5.12. The first kappa shape index (κ1) is 21.1. The number of nitrogens with zero attached hydrogens (tertiary/aromatic N) is 1. The molecule has 25 heavy (non-hydrogen) atoms. The second-order valence-corrected chi connectivity index (χ2v) is 5.43. The molecule has 0 saturated heterocycles. The van der Waals surface area contributed by atoms with Crippen LogP contribution in [0, 0.1) is 6.92 Å². The average molecular weight is 455 g/mol. The first-order valence-electron chi connectivity index (χ1n) is 7.87. The van der Waals surface area contributed by atoms with E-state index in [-0.39, 0.29) is 24.0 Å². The summed E-state index contributed by atoms with van der Waals surface area (Å²) in [5, 5.41) is 6.61. The van der Waals surface area contributed by atoms with Crippen molar-refractivity contribution in [1.82, 2.24) is 10.6 Å². The van der Waals surface area contributed by atoms with E-state index in [1.165, 1.54) is 0 Å². The Bertz CT molecular complexity index is 688. The maximum absolute atomic E-state index is 5.36. The molecule has 0 aliphatic rings.